The Morgan fingerprint density at radius 2 is 1.74 bits per heavy atom. The van der Waals surface area contributed by atoms with E-state index in [1.54, 1.807) is 0 Å². The zero-order chi connectivity index (χ0) is 18.8. The maximum atomic E-state index is 12.7. The van der Waals surface area contributed by atoms with Crippen LogP contribution in [0, 0.1) is 17.8 Å². The summed E-state index contributed by atoms with van der Waals surface area (Å²) in [6.07, 6.45) is 6.52. The zero-order valence-electron chi connectivity index (χ0n) is 16.0. The number of carbonyl (C=O) groups is 2. The van der Waals surface area contributed by atoms with E-state index in [9.17, 15) is 9.59 Å². The predicted molar refractivity (Wildman–Crippen MR) is 105 cm³/mol. The van der Waals surface area contributed by atoms with Crippen molar-refractivity contribution in [1.82, 2.24) is 10.2 Å². The number of nitrogens with two attached hydrogens (primary N) is 1. The summed E-state index contributed by atoms with van der Waals surface area (Å²) in [5.41, 5.74) is 7.50. The summed E-state index contributed by atoms with van der Waals surface area (Å²) < 4.78 is 0. The first-order chi connectivity index (χ1) is 13.1. The van der Waals surface area contributed by atoms with Crippen LogP contribution in [0.15, 0.2) is 30.3 Å². The number of hydrogen-bond acceptors (Lipinski definition) is 3. The number of nitrogens with zero attached hydrogens (tertiary/aromatic N) is 1. The Hall–Kier alpha value is -1.88. The summed E-state index contributed by atoms with van der Waals surface area (Å²) in [7, 11) is 0. The standard InChI is InChI=1S/C22H31N3O2/c23-21-17-8-7-16(14-17)20(21)22(27)24-18-10-12-25(13-11-18)19(26)9-6-15-4-2-1-3-5-15/h1-5,16-18,20-21H,6-14,23H2,(H,24,27). The number of benzene rings is 1. The summed E-state index contributed by atoms with van der Waals surface area (Å²) in [6.45, 7) is 1.47. The second-order valence-electron chi connectivity index (χ2n) is 8.59. The second kappa shape index (κ2) is 8.01. The molecule has 1 aliphatic heterocycles. The molecule has 1 heterocycles. The summed E-state index contributed by atoms with van der Waals surface area (Å²) in [4.78, 5) is 27.1. The molecule has 4 atom stereocenters. The Bertz CT molecular complexity index is 667. The number of likely N-dealkylation sites (tertiary alicyclic amines) is 1. The summed E-state index contributed by atoms with van der Waals surface area (Å²) >= 11 is 0. The van der Waals surface area contributed by atoms with Crippen molar-refractivity contribution in [3.63, 3.8) is 0 Å². The lowest BCUT2D eigenvalue weighted by Gasteiger charge is -2.34. The Labute approximate surface area is 161 Å². The zero-order valence-corrected chi connectivity index (χ0v) is 16.0. The van der Waals surface area contributed by atoms with Gasteiger partial charge in [0, 0.05) is 31.6 Å². The third kappa shape index (κ3) is 4.03. The fourth-order valence-corrected chi connectivity index (χ4v) is 5.35. The number of piperidine rings is 1. The molecule has 146 valence electrons. The highest BCUT2D eigenvalue weighted by atomic mass is 16.2. The molecule has 4 rings (SSSR count). The van der Waals surface area contributed by atoms with Gasteiger partial charge in [-0.25, -0.2) is 0 Å². The smallest absolute Gasteiger partial charge is 0.225 e. The topological polar surface area (TPSA) is 75.4 Å². The van der Waals surface area contributed by atoms with E-state index in [0.717, 1.165) is 45.2 Å². The number of carbonyl (C=O) groups excluding carboxylic acids is 2. The molecule has 27 heavy (non-hydrogen) atoms. The predicted octanol–water partition coefficient (Wildman–Crippen LogP) is 2.10. The van der Waals surface area contributed by atoms with Gasteiger partial charge < -0.3 is 16.0 Å². The molecule has 3 fully saturated rings. The quantitative estimate of drug-likeness (QED) is 0.835. The van der Waals surface area contributed by atoms with Crippen molar-refractivity contribution in [1.29, 1.82) is 0 Å². The molecule has 5 nitrogen and oxygen atoms in total. The molecule has 4 unspecified atom stereocenters. The van der Waals surface area contributed by atoms with E-state index in [1.165, 1.54) is 12.0 Å². The van der Waals surface area contributed by atoms with Gasteiger partial charge in [-0.1, -0.05) is 30.3 Å². The first-order valence-corrected chi connectivity index (χ1v) is 10.5. The van der Waals surface area contributed by atoms with E-state index >= 15 is 0 Å². The van der Waals surface area contributed by atoms with Gasteiger partial charge in [0.1, 0.15) is 0 Å². The molecule has 1 aromatic rings. The minimum atomic E-state index is 0.00860. The van der Waals surface area contributed by atoms with E-state index < -0.39 is 0 Å². The molecule has 2 amide bonds. The van der Waals surface area contributed by atoms with Gasteiger partial charge in [0.15, 0.2) is 0 Å². The van der Waals surface area contributed by atoms with Crippen LogP contribution in [0.25, 0.3) is 0 Å². The molecule has 2 aliphatic carbocycles. The van der Waals surface area contributed by atoms with Crippen LogP contribution in [0.1, 0.15) is 44.1 Å². The molecule has 1 saturated heterocycles. The van der Waals surface area contributed by atoms with Gasteiger partial charge in [-0.15, -0.1) is 0 Å². The van der Waals surface area contributed by atoms with Crippen molar-refractivity contribution in [3.8, 4) is 0 Å². The van der Waals surface area contributed by atoms with Gasteiger partial charge >= 0.3 is 0 Å². The molecular formula is C22H31N3O2. The van der Waals surface area contributed by atoms with Crippen LogP contribution in [-0.4, -0.2) is 41.9 Å². The second-order valence-corrected chi connectivity index (χ2v) is 8.59. The van der Waals surface area contributed by atoms with Crippen LogP contribution in [0.5, 0.6) is 0 Å². The number of nitrogens with one attached hydrogen (secondary N) is 1. The normalized spacial score (nSPS) is 30.5. The SMILES string of the molecule is NC1C2CCC(C2)C1C(=O)NC1CCN(C(=O)CCc2ccccc2)CC1. The average Bonchev–Trinajstić information content (AvgIpc) is 3.28. The van der Waals surface area contributed by atoms with Crippen molar-refractivity contribution >= 4 is 11.8 Å². The molecule has 3 N–H and O–H groups in total. The highest BCUT2D eigenvalue weighted by Crippen LogP contribution is 2.47. The van der Waals surface area contributed by atoms with Crippen LogP contribution in [0.2, 0.25) is 0 Å². The van der Waals surface area contributed by atoms with Crippen molar-refractivity contribution in [2.45, 2.75) is 57.0 Å². The number of amides is 2. The third-order valence-electron chi connectivity index (χ3n) is 6.95. The van der Waals surface area contributed by atoms with Crippen LogP contribution < -0.4 is 11.1 Å². The van der Waals surface area contributed by atoms with Crippen LogP contribution >= 0.6 is 0 Å². The number of rotatable bonds is 5. The van der Waals surface area contributed by atoms with E-state index in [0.29, 0.717) is 18.3 Å². The van der Waals surface area contributed by atoms with Gasteiger partial charge in [-0.05, 0) is 55.9 Å². The first-order valence-electron chi connectivity index (χ1n) is 10.5. The van der Waals surface area contributed by atoms with Crippen LogP contribution in [0.4, 0.5) is 0 Å². The molecule has 3 aliphatic rings. The van der Waals surface area contributed by atoms with Crippen molar-refractivity contribution in [2.75, 3.05) is 13.1 Å². The fourth-order valence-electron chi connectivity index (χ4n) is 5.35. The van der Waals surface area contributed by atoms with Crippen molar-refractivity contribution in [3.05, 3.63) is 35.9 Å². The van der Waals surface area contributed by atoms with Crippen molar-refractivity contribution < 1.29 is 9.59 Å². The first kappa shape index (κ1) is 18.5. The Kier molecular flexibility index (Phi) is 5.48. The molecule has 2 bridgehead atoms. The Morgan fingerprint density at radius 1 is 1.04 bits per heavy atom. The molecule has 1 aromatic carbocycles. The van der Waals surface area contributed by atoms with Gasteiger partial charge in [-0.3, -0.25) is 9.59 Å². The molecule has 0 radical (unpaired) electrons. The van der Waals surface area contributed by atoms with Gasteiger partial charge in [0.25, 0.3) is 0 Å². The lowest BCUT2D eigenvalue weighted by Crippen LogP contribution is -2.51. The molecule has 0 spiro atoms. The summed E-state index contributed by atoms with van der Waals surface area (Å²) in [5, 5.41) is 3.24. The van der Waals surface area contributed by atoms with Crippen LogP contribution in [0.3, 0.4) is 0 Å². The summed E-state index contributed by atoms with van der Waals surface area (Å²) in [5.74, 6) is 1.43. The minimum absolute atomic E-state index is 0.00860. The minimum Gasteiger partial charge on any atom is -0.353 e. The fraction of sp³-hybridized carbons (Fsp3) is 0.636. The van der Waals surface area contributed by atoms with Gasteiger partial charge in [0.2, 0.25) is 11.8 Å². The van der Waals surface area contributed by atoms with Gasteiger partial charge in [-0.2, -0.15) is 0 Å². The van der Waals surface area contributed by atoms with Crippen LogP contribution in [-0.2, 0) is 16.0 Å². The number of aryl methyl sites for hydroxylation is 1. The number of fused-ring (bicyclic) bond motifs is 2. The molecule has 2 saturated carbocycles. The molecule has 0 aromatic heterocycles. The maximum Gasteiger partial charge on any atom is 0.225 e. The Balaban J connectivity index is 1.21. The average molecular weight is 370 g/mol. The van der Waals surface area contributed by atoms with E-state index in [-0.39, 0.29) is 29.8 Å². The largest absolute Gasteiger partial charge is 0.353 e. The lowest BCUT2D eigenvalue weighted by atomic mass is 9.84. The summed E-state index contributed by atoms with van der Waals surface area (Å²) in [6, 6.07) is 10.4. The Morgan fingerprint density at radius 3 is 2.41 bits per heavy atom. The molecule has 5 heteroatoms. The van der Waals surface area contributed by atoms with E-state index in [1.807, 2.05) is 23.1 Å². The van der Waals surface area contributed by atoms with Gasteiger partial charge in [0.05, 0.1) is 5.92 Å². The number of hydrogen-bond donors (Lipinski definition) is 2. The monoisotopic (exact) mass is 369 g/mol. The van der Waals surface area contributed by atoms with E-state index in [2.05, 4.69) is 17.4 Å². The maximum absolute atomic E-state index is 12.7. The van der Waals surface area contributed by atoms with Crippen molar-refractivity contribution in [2.24, 2.45) is 23.5 Å². The third-order valence-corrected chi connectivity index (χ3v) is 6.95. The highest BCUT2D eigenvalue weighted by molar-refractivity contribution is 5.81. The van der Waals surface area contributed by atoms with E-state index in [4.69, 9.17) is 5.73 Å². The highest BCUT2D eigenvalue weighted by Gasteiger charge is 2.49. The molecular weight excluding hydrogens is 338 g/mol. The lowest BCUT2D eigenvalue weighted by molar-refractivity contribution is -0.132.